The molecule has 0 fully saturated rings. The van der Waals surface area contributed by atoms with Crippen molar-refractivity contribution in [2.75, 3.05) is 0 Å². The molecule has 1 N–H and O–H groups in total. The van der Waals surface area contributed by atoms with E-state index in [1.807, 2.05) is 6.92 Å². The fourth-order valence-corrected chi connectivity index (χ4v) is 3.98. The van der Waals surface area contributed by atoms with Gasteiger partial charge in [-0.05, 0) is 51.9 Å². The van der Waals surface area contributed by atoms with Crippen LogP contribution in [0.2, 0.25) is 0 Å². The number of aromatic nitrogens is 6. The van der Waals surface area contributed by atoms with Crippen molar-refractivity contribution in [3.63, 3.8) is 0 Å². The summed E-state index contributed by atoms with van der Waals surface area (Å²) in [6.45, 7) is 3.07. The molecule has 0 radical (unpaired) electrons. The predicted molar refractivity (Wildman–Crippen MR) is 87.4 cm³/mol. The molecule has 4 heterocycles. The van der Waals surface area contributed by atoms with Crippen molar-refractivity contribution in [2.24, 2.45) is 0 Å². The van der Waals surface area contributed by atoms with Gasteiger partial charge in [0.1, 0.15) is 17.2 Å². The summed E-state index contributed by atoms with van der Waals surface area (Å²) < 4.78 is 7.83. The van der Waals surface area contributed by atoms with E-state index in [4.69, 9.17) is 4.52 Å². The minimum atomic E-state index is 0.510. The standard InChI is InChI=1S/C17H20N6O/c1-10-18-15(13-8-4-5-9-23(10)13)17-19-16(22-24-17)14-11-6-2-3-7-12(11)20-21-14/h2-9H2,1H3,(H,20,21). The van der Waals surface area contributed by atoms with Gasteiger partial charge in [0.2, 0.25) is 5.82 Å². The Morgan fingerprint density at radius 2 is 1.88 bits per heavy atom. The van der Waals surface area contributed by atoms with E-state index >= 15 is 0 Å². The van der Waals surface area contributed by atoms with Crippen LogP contribution >= 0.6 is 0 Å². The summed E-state index contributed by atoms with van der Waals surface area (Å²) >= 11 is 0. The number of rotatable bonds is 2. The highest BCUT2D eigenvalue weighted by molar-refractivity contribution is 5.60. The van der Waals surface area contributed by atoms with Gasteiger partial charge in [-0.1, -0.05) is 5.16 Å². The Bertz CT molecular complexity index is 902. The van der Waals surface area contributed by atoms with Crippen molar-refractivity contribution in [3.05, 3.63) is 22.8 Å². The molecule has 124 valence electrons. The smallest absolute Gasteiger partial charge is 0.278 e. The highest BCUT2D eigenvalue weighted by Crippen LogP contribution is 2.31. The Morgan fingerprint density at radius 1 is 1.00 bits per heavy atom. The predicted octanol–water partition coefficient (Wildman–Crippen LogP) is 2.85. The highest BCUT2D eigenvalue weighted by Gasteiger charge is 2.26. The molecular weight excluding hydrogens is 304 g/mol. The Morgan fingerprint density at radius 3 is 2.83 bits per heavy atom. The second-order valence-electron chi connectivity index (χ2n) is 6.72. The van der Waals surface area contributed by atoms with Gasteiger partial charge in [-0.3, -0.25) is 5.10 Å². The number of hydrogen-bond acceptors (Lipinski definition) is 5. The van der Waals surface area contributed by atoms with Crippen molar-refractivity contribution in [3.8, 4) is 23.1 Å². The van der Waals surface area contributed by atoms with Crippen LogP contribution in [-0.4, -0.2) is 29.9 Å². The Labute approximate surface area is 139 Å². The molecule has 0 unspecified atom stereocenters. The number of aryl methyl sites for hydroxylation is 2. The number of imidazole rings is 1. The first-order valence-electron chi connectivity index (χ1n) is 8.78. The van der Waals surface area contributed by atoms with Crippen LogP contribution in [0.3, 0.4) is 0 Å². The normalized spacial score (nSPS) is 16.9. The summed E-state index contributed by atoms with van der Waals surface area (Å²) in [6.07, 6.45) is 7.91. The summed E-state index contributed by atoms with van der Waals surface area (Å²) in [5.41, 5.74) is 5.37. The van der Waals surface area contributed by atoms with Gasteiger partial charge in [0.25, 0.3) is 5.89 Å². The second-order valence-corrected chi connectivity index (χ2v) is 6.72. The highest BCUT2D eigenvalue weighted by atomic mass is 16.5. The van der Waals surface area contributed by atoms with Crippen LogP contribution in [0.4, 0.5) is 0 Å². The third-order valence-electron chi connectivity index (χ3n) is 5.21. The fraction of sp³-hybridized carbons (Fsp3) is 0.529. The maximum atomic E-state index is 5.55. The third-order valence-corrected chi connectivity index (χ3v) is 5.21. The monoisotopic (exact) mass is 324 g/mol. The number of hydrogen-bond donors (Lipinski definition) is 1. The van der Waals surface area contributed by atoms with E-state index in [0.717, 1.165) is 43.0 Å². The largest absolute Gasteiger partial charge is 0.332 e. The minimum absolute atomic E-state index is 0.510. The van der Waals surface area contributed by atoms with Crippen molar-refractivity contribution in [2.45, 2.75) is 58.4 Å². The third kappa shape index (κ3) is 2.03. The lowest BCUT2D eigenvalue weighted by Crippen LogP contribution is -2.11. The van der Waals surface area contributed by atoms with Crippen LogP contribution in [-0.2, 0) is 25.8 Å². The molecule has 7 heteroatoms. The van der Waals surface area contributed by atoms with Crippen LogP contribution in [0.1, 0.15) is 48.5 Å². The fourth-order valence-electron chi connectivity index (χ4n) is 3.98. The van der Waals surface area contributed by atoms with E-state index < -0.39 is 0 Å². The van der Waals surface area contributed by atoms with E-state index in [-0.39, 0.29) is 0 Å². The first-order valence-corrected chi connectivity index (χ1v) is 8.78. The molecule has 7 nitrogen and oxygen atoms in total. The first-order chi connectivity index (χ1) is 11.8. The van der Waals surface area contributed by atoms with Crippen LogP contribution < -0.4 is 0 Å². The Kier molecular flexibility index (Phi) is 3.08. The van der Waals surface area contributed by atoms with Gasteiger partial charge in [-0.2, -0.15) is 10.1 Å². The molecule has 0 atom stereocenters. The molecule has 3 aromatic heterocycles. The molecular formula is C17H20N6O. The molecule has 0 bridgehead atoms. The minimum Gasteiger partial charge on any atom is -0.332 e. The topological polar surface area (TPSA) is 85.4 Å². The molecule has 5 rings (SSSR count). The quantitative estimate of drug-likeness (QED) is 0.783. The number of fused-ring (bicyclic) bond motifs is 2. The molecule has 2 aliphatic rings. The van der Waals surface area contributed by atoms with Crippen molar-refractivity contribution in [1.29, 1.82) is 0 Å². The number of aromatic amines is 1. The summed E-state index contributed by atoms with van der Waals surface area (Å²) in [5, 5.41) is 11.8. The summed E-state index contributed by atoms with van der Waals surface area (Å²) in [5.74, 6) is 2.10. The lowest BCUT2D eigenvalue weighted by Gasteiger charge is -2.15. The first kappa shape index (κ1) is 13.9. The molecule has 0 saturated heterocycles. The average Bonchev–Trinajstić information content (AvgIpc) is 3.32. The van der Waals surface area contributed by atoms with Gasteiger partial charge in [0.15, 0.2) is 0 Å². The molecule has 0 aromatic carbocycles. The van der Waals surface area contributed by atoms with E-state index in [2.05, 4.69) is 29.9 Å². The number of nitrogens with one attached hydrogen (secondary N) is 1. The van der Waals surface area contributed by atoms with Crippen LogP contribution in [0, 0.1) is 6.92 Å². The number of H-pyrrole nitrogens is 1. The maximum absolute atomic E-state index is 5.55. The van der Waals surface area contributed by atoms with Crippen LogP contribution in [0.5, 0.6) is 0 Å². The van der Waals surface area contributed by atoms with E-state index in [1.54, 1.807) is 0 Å². The van der Waals surface area contributed by atoms with E-state index in [9.17, 15) is 0 Å². The molecule has 24 heavy (non-hydrogen) atoms. The van der Waals surface area contributed by atoms with Gasteiger partial charge in [0, 0.05) is 17.8 Å². The summed E-state index contributed by atoms with van der Waals surface area (Å²) in [6, 6.07) is 0. The Balaban J connectivity index is 1.56. The summed E-state index contributed by atoms with van der Waals surface area (Å²) in [7, 11) is 0. The van der Waals surface area contributed by atoms with E-state index in [0.29, 0.717) is 11.7 Å². The second kappa shape index (κ2) is 5.29. The molecule has 0 saturated carbocycles. The van der Waals surface area contributed by atoms with Crippen LogP contribution in [0.15, 0.2) is 4.52 Å². The summed E-state index contributed by atoms with van der Waals surface area (Å²) in [4.78, 5) is 9.30. The molecule has 0 amide bonds. The van der Waals surface area contributed by atoms with Gasteiger partial charge in [0.05, 0.1) is 5.69 Å². The zero-order valence-corrected chi connectivity index (χ0v) is 13.8. The van der Waals surface area contributed by atoms with E-state index in [1.165, 1.54) is 42.6 Å². The van der Waals surface area contributed by atoms with Crippen molar-refractivity contribution >= 4 is 0 Å². The molecule has 3 aromatic rings. The maximum Gasteiger partial charge on any atom is 0.278 e. The molecule has 0 spiro atoms. The van der Waals surface area contributed by atoms with Crippen molar-refractivity contribution in [1.82, 2.24) is 29.9 Å². The number of nitrogens with zero attached hydrogens (tertiary/aromatic N) is 5. The lowest BCUT2D eigenvalue weighted by molar-refractivity contribution is 0.429. The zero-order chi connectivity index (χ0) is 16.1. The molecule has 1 aliphatic carbocycles. The average molecular weight is 324 g/mol. The van der Waals surface area contributed by atoms with Crippen LogP contribution in [0.25, 0.3) is 23.1 Å². The zero-order valence-electron chi connectivity index (χ0n) is 13.8. The SMILES string of the molecule is Cc1nc(-c2nc(-c3n[nH]c4c3CCCC4)no2)c2n1CCCC2. The Hall–Kier alpha value is -2.44. The van der Waals surface area contributed by atoms with Gasteiger partial charge >= 0.3 is 0 Å². The van der Waals surface area contributed by atoms with Gasteiger partial charge in [-0.25, -0.2) is 4.98 Å². The lowest BCUT2D eigenvalue weighted by atomic mass is 9.96. The van der Waals surface area contributed by atoms with Gasteiger partial charge < -0.3 is 9.09 Å². The van der Waals surface area contributed by atoms with Crippen molar-refractivity contribution < 1.29 is 4.52 Å². The van der Waals surface area contributed by atoms with Gasteiger partial charge in [-0.15, -0.1) is 0 Å². The molecule has 1 aliphatic heterocycles.